The van der Waals surface area contributed by atoms with Crippen molar-refractivity contribution in [2.75, 3.05) is 0 Å². The number of aliphatic hydroxyl groups excluding tert-OH is 1. The smallest absolute Gasteiger partial charge is 0.0956 e. The van der Waals surface area contributed by atoms with Gasteiger partial charge in [0.2, 0.25) is 0 Å². The van der Waals surface area contributed by atoms with Crippen LogP contribution in [0.2, 0.25) is 0 Å². The summed E-state index contributed by atoms with van der Waals surface area (Å²) in [5, 5.41) is 11.3. The summed E-state index contributed by atoms with van der Waals surface area (Å²) < 4.78 is 0. The lowest BCUT2D eigenvalue weighted by Gasteiger charge is -2.16. The van der Waals surface area contributed by atoms with Crippen LogP contribution in [0, 0.1) is 25.7 Å². The van der Waals surface area contributed by atoms with Crippen LogP contribution in [0.4, 0.5) is 0 Å². The Morgan fingerprint density at radius 3 is 2.69 bits per heavy atom. The second-order valence-corrected chi connectivity index (χ2v) is 6.49. The molecule has 1 aromatic heterocycles. The van der Waals surface area contributed by atoms with Gasteiger partial charge in [0.25, 0.3) is 0 Å². The molecule has 1 aliphatic rings. The molecule has 2 nitrogen and oxygen atoms in total. The first-order valence-electron chi connectivity index (χ1n) is 6.17. The minimum Gasteiger partial charge on any atom is -0.392 e. The van der Waals surface area contributed by atoms with Gasteiger partial charge in [-0.05, 0) is 38.5 Å². The molecule has 0 aliphatic heterocycles. The summed E-state index contributed by atoms with van der Waals surface area (Å²) in [6, 6.07) is 0. The van der Waals surface area contributed by atoms with Gasteiger partial charge in [0, 0.05) is 11.3 Å². The minimum atomic E-state index is -0.185. The van der Waals surface area contributed by atoms with E-state index in [-0.39, 0.29) is 6.10 Å². The molecule has 0 bridgehead atoms. The van der Waals surface area contributed by atoms with Crippen molar-refractivity contribution in [2.24, 2.45) is 11.8 Å². The molecular weight excluding hydrogens is 218 g/mol. The molecule has 1 heterocycles. The van der Waals surface area contributed by atoms with E-state index < -0.39 is 0 Å². The van der Waals surface area contributed by atoms with Crippen LogP contribution < -0.4 is 0 Å². The second kappa shape index (κ2) is 4.84. The topological polar surface area (TPSA) is 33.1 Å². The number of aliphatic hydroxyl groups is 1. The van der Waals surface area contributed by atoms with Crippen LogP contribution in [0.3, 0.4) is 0 Å². The van der Waals surface area contributed by atoms with E-state index in [0.717, 1.165) is 23.0 Å². The summed E-state index contributed by atoms with van der Waals surface area (Å²) >= 11 is 1.73. The molecule has 90 valence electrons. The molecule has 1 fully saturated rings. The maximum atomic E-state index is 10.2. The minimum absolute atomic E-state index is 0.185. The molecule has 0 aromatic carbocycles. The molecule has 0 amide bonds. The van der Waals surface area contributed by atoms with Gasteiger partial charge in [-0.25, -0.2) is 4.98 Å². The Balaban J connectivity index is 1.94. The van der Waals surface area contributed by atoms with Crippen molar-refractivity contribution >= 4 is 11.3 Å². The fraction of sp³-hybridized carbons (Fsp3) is 0.769. The van der Waals surface area contributed by atoms with Crippen molar-refractivity contribution in [3.63, 3.8) is 0 Å². The van der Waals surface area contributed by atoms with Gasteiger partial charge in [0.1, 0.15) is 0 Å². The number of rotatable bonds is 3. The molecule has 3 unspecified atom stereocenters. The Kier molecular flexibility index (Phi) is 3.65. The van der Waals surface area contributed by atoms with Crippen LogP contribution in [0.1, 0.15) is 41.8 Å². The molecular formula is C13H21NOS. The first-order chi connectivity index (χ1) is 7.56. The highest BCUT2D eigenvalue weighted by Crippen LogP contribution is 2.34. The Morgan fingerprint density at radius 2 is 2.19 bits per heavy atom. The van der Waals surface area contributed by atoms with Gasteiger partial charge >= 0.3 is 0 Å². The van der Waals surface area contributed by atoms with Crippen molar-refractivity contribution in [3.05, 3.63) is 15.6 Å². The molecule has 2 rings (SSSR count). The molecule has 0 saturated heterocycles. The van der Waals surface area contributed by atoms with Crippen molar-refractivity contribution in [3.8, 4) is 0 Å². The number of aryl methyl sites for hydroxylation is 2. The lowest BCUT2D eigenvalue weighted by molar-refractivity contribution is 0.109. The Hall–Kier alpha value is -0.410. The summed E-state index contributed by atoms with van der Waals surface area (Å²) in [5.74, 6) is 1.29. The highest BCUT2D eigenvalue weighted by atomic mass is 32.1. The Bertz CT molecular complexity index is 341. The van der Waals surface area contributed by atoms with Crippen molar-refractivity contribution < 1.29 is 5.11 Å². The lowest BCUT2D eigenvalue weighted by Crippen LogP contribution is -2.20. The predicted octanol–water partition coefficient (Wildman–Crippen LogP) is 3.10. The molecule has 16 heavy (non-hydrogen) atoms. The van der Waals surface area contributed by atoms with Gasteiger partial charge in [-0.15, -0.1) is 11.3 Å². The maximum Gasteiger partial charge on any atom is 0.0956 e. The van der Waals surface area contributed by atoms with Gasteiger partial charge in [-0.2, -0.15) is 0 Å². The van der Waals surface area contributed by atoms with Gasteiger partial charge in [-0.3, -0.25) is 0 Å². The molecule has 0 radical (unpaired) electrons. The van der Waals surface area contributed by atoms with Crippen LogP contribution in [0.5, 0.6) is 0 Å². The molecule has 1 saturated carbocycles. The fourth-order valence-electron chi connectivity index (χ4n) is 2.57. The SMILES string of the molecule is Cc1nc(CC(O)C2CCC(C)C2)sc1C. The van der Waals surface area contributed by atoms with E-state index >= 15 is 0 Å². The van der Waals surface area contributed by atoms with E-state index in [1.807, 2.05) is 6.92 Å². The molecule has 1 aliphatic carbocycles. The zero-order valence-corrected chi connectivity index (χ0v) is 11.2. The first-order valence-corrected chi connectivity index (χ1v) is 6.99. The predicted molar refractivity (Wildman–Crippen MR) is 67.8 cm³/mol. The molecule has 1 aromatic rings. The fourth-order valence-corrected chi connectivity index (χ4v) is 3.56. The number of aromatic nitrogens is 1. The van der Waals surface area contributed by atoms with Gasteiger partial charge in [0.15, 0.2) is 0 Å². The quantitative estimate of drug-likeness (QED) is 0.879. The van der Waals surface area contributed by atoms with Crippen molar-refractivity contribution in [1.82, 2.24) is 4.98 Å². The molecule has 1 N–H and O–H groups in total. The monoisotopic (exact) mass is 239 g/mol. The standard InChI is InChI=1S/C13H21NOS/c1-8-4-5-11(6-8)12(15)7-13-14-9(2)10(3)16-13/h8,11-12,15H,4-7H2,1-3H3. The summed E-state index contributed by atoms with van der Waals surface area (Å²) in [5.41, 5.74) is 1.12. The van der Waals surface area contributed by atoms with Crippen molar-refractivity contribution in [2.45, 2.75) is 52.6 Å². The van der Waals surface area contributed by atoms with E-state index in [9.17, 15) is 5.11 Å². The van der Waals surface area contributed by atoms with E-state index in [4.69, 9.17) is 0 Å². The third-order valence-electron chi connectivity index (χ3n) is 3.74. The third-order valence-corrected chi connectivity index (χ3v) is 4.83. The van der Waals surface area contributed by atoms with E-state index in [1.54, 1.807) is 11.3 Å². The van der Waals surface area contributed by atoms with Crippen LogP contribution in [0.15, 0.2) is 0 Å². The van der Waals surface area contributed by atoms with Crippen molar-refractivity contribution in [1.29, 1.82) is 0 Å². The molecule has 3 atom stereocenters. The zero-order valence-electron chi connectivity index (χ0n) is 10.4. The number of thiazole rings is 1. The van der Waals surface area contributed by atoms with E-state index in [2.05, 4.69) is 18.8 Å². The second-order valence-electron chi connectivity index (χ2n) is 5.20. The Morgan fingerprint density at radius 1 is 1.44 bits per heavy atom. The largest absolute Gasteiger partial charge is 0.392 e. The number of nitrogens with zero attached hydrogens (tertiary/aromatic N) is 1. The highest BCUT2D eigenvalue weighted by molar-refractivity contribution is 7.11. The summed E-state index contributed by atoms with van der Waals surface area (Å²) in [6.45, 7) is 6.42. The average molecular weight is 239 g/mol. The van der Waals surface area contributed by atoms with Crippen LogP contribution in [-0.4, -0.2) is 16.2 Å². The van der Waals surface area contributed by atoms with Gasteiger partial charge in [0.05, 0.1) is 16.8 Å². The maximum absolute atomic E-state index is 10.2. The molecule has 0 spiro atoms. The number of hydrogen-bond acceptors (Lipinski definition) is 3. The summed E-state index contributed by atoms with van der Waals surface area (Å²) in [4.78, 5) is 5.78. The zero-order chi connectivity index (χ0) is 11.7. The summed E-state index contributed by atoms with van der Waals surface area (Å²) in [6.07, 6.45) is 4.21. The van der Waals surface area contributed by atoms with Crippen LogP contribution in [0.25, 0.3) is 0 Å². The lowest BCUT2D eigenvalue weighted by atomic mass is 9.97. The van der Waals surface area contributed by atoms with Crippen LogP contribution >= 0.6 is 11.3 Å². The third kappa shape index (κ3) is 2.64. The normalized spacial score (nSPS) is 27.2. The first kappa shape index (κ1) is 12.1. The van der Waals surface area contributed by atoms with Gasteiger partial charge in [-0.1, -0.05) is 13.3 Å². The molecule has 3 heteroatoms. The highest BCUT2D eigenvalue weighted by Gasteiger charge is 2.28. The van der Waals surface area contributed by atoms with E-state index in [0.29, 0.717) is 5.92 Å². The summed E-state index contributed by atoms with van der Waals surface area (Å²) in [7, 11) is 0. The van der Waals surface area contributed by atoms with E-state index in [1.165, 1.54) is 24.1 Å². The average Bonchev–Trinajstić information content (AvgIpc) is 2.75. The van der Waals surface area contributed by atoms with Gasteiger partial charge < -0.3 is 5.11 Å². The Labute approximate surface area is 102 Å². The van der Waals surface area contributed by atoms with Crippen LogP contribution in [-0.2, 0) is 6.42 Å². The number of hydrogen-bond donors (Lipinski definition) is 1.